The molecule has 0 aliphatic carbocycles. The molecule has 146 valence electrons. The maximum atomic E-state index is 12.8. The predicted molar refractivity (Wildman–Crippen MR) is 106 cm³/mol. The van der Waals surface area contributed by atoms with E-state index in [0.717, 1.165) is 24.0 Å². The van der Waals surface area contributed by atoms with Gasteiger partial charge in [0.2, 0.25) is 5.95 Å². The SMILES string of the molecule is CCCn1c(NC(=O)c2ccc(OCC(N)=O)c(OC)c2)nc2ccccc21. The zero-order chi connectivity index (χ0) is 20.1. The number of methoxy groups -OCH3 is 1. The van der Waals surface area contributed by atoms with Gasteiger partial charge in [0, 0.05) is 12.1 Å². The second kappa shape index (κ2) is 8.43. The smallest absolute Gasteiger partial charge is 0.258 e. The van der Waals surface area contributed by atoms with Crippen molar-refractivity contribution in [2.75, 3.05) is 19.0 Å². The largest absolute Gasteiger partial charge is 0.493 e. The minimum Gasteiger partial charge on any atom is -0.493 e. The van der Waals surface area contributed by atoms with E-state index in [1.165, 1.54) is 7.11 Å². The molecule has 0 fully saturated rings. The van der Waals surface area contributed by atoms with Crippen molar-refractivity contribution in [3.63, 3.8) is 0 Å². The van der Waals surface area contributed by atoms with Crippen molar-refractivity contribution in [2.24, 2.45) is 5.73 Å². The minimum absolute atomic E-state index is 0.275. The molecule has 8 heteroatoms. The summed E-state index contributed by atoms with van der Waals surface area (Å²) in [5, 5.41) is 2.86. The van der Waals surface area contributed by atoms with Crippen LogP contribution in [0.25, 0.3) is 11.0 Å². The highest BCUT2D eigenvalue weighted by Crippen LogP contribution is 2.28. The van der Waals surface area contributed by atoms with E-state index in [1.807, 2.05) is 28.8 Å². The molecule has 2 amide bonds. The molecule has 0 radical (unpaired) electrons. The Bertz CT molecular complexity index is 1010. The number of aryl methyl sites for hydroxylation is 1. The van der Waals surface area contributed by atoms with Crippen molar-refractivity contribution in [3.05, 3.63) is 48.0 Å². The quantitative estimate of drug-likeness (QED) is 0.622. The van der Waals surface area contributed by atoms with Crippen LogP contribution in [0.2, 0.25) is 0 Å². The number of nitrogens with zero attached hydrogens (tertiary/aromatic N) is 2. The Balaban J connectivity index is 1.86. The van der Waals surface area contributed by atoms with Crippen molar-refractivity contribution in [3.8, 4) is 11.5 Å². The average Bonchev–Trinajstić information content (AvgIpc) is 3.03. The zero-order valence-corrected chi connectivity index (χ0v) is 15.8. The second-order valence-corrected chi connectivity index (χ2v) is 6.15. The van der Waals surface area contributed by atoms with Crippen molar-refractivity contribution >= 4 is 28.8 Å². The molecule has 2 aromatic carbocycles. The van der Waals surface area contributed by atoms with Crippen LogP contribution in [-0.4, -0.2) is 35.1 Å². The number of aromatic nitrogens is 2. The fourth-order valence-corrected chi connectivity index (χ4v) is 2.87. The summed E-state index contributed by atoms with van der Waals surface area (Å²) in [5.74, 6) is 0.221. The zero-order valence-electron chi connectivity index (χ0n) is 15.8. The van der Waals surface area contributed by atoms with Crippen LogP contribution < -0.4 is 20.5 Å². The van der Waals surface area contributed by atoms with Gasteiger partial charge < -0.3 is 19.8 Å². The molecule has 3 N–H and O–H groups in total. The molecular weight excluding hydrogens is 360 g/mol. The third-order valence-electron chi connectivity index (χ3n) is 4.12. The first kappa shape index (κ1) is 19.2. The Hall–Kier alpha value is -3.55. The molecule has 0 saturated carbocycles. The number of primary amides is 1. The molecule has 1 aromatic heterocycles. The molecule has 0 saturated heterocycles. The molecule has 0 bridgehead atoms. The van der Waals surface area contributed by atoms with Crippen LogP contribution in [0.1, 0.15) is 23.7 Å². The molecule has 0 spiro atoms. The fourth-order valence-electron chi connectivity index (χ4n) is 2.87. The van der Waals surface area contributed by atoms with Gasteiger partial charge in [0.15, 0.2) is 18.1 Å². The monoisotopic (exact) mass is 382 g/mol. The average molecular weight is 382 g/mol. The number of ether oxygens (including phenoxy) is 2. The highest BCUT2D eigenvalue weighted by atomic mass is 16.5. The van der Waals surface area contributed by atoms with E-state index in [2.05, 4.69) is 17.2 Å². The van der Waals surface area contributed by atoms with Gasteiger partial charge in [-0.25, -0.2) is 4.98 Å². The van der Waals surface area contributed by atoms with Crippen LogP contribution in [0, 0.1) is 0 Å². The van der Waals surface area contributed by atoms with E-state index in [1.54, 1.807) is 18.2 Å². The topological polar surface area (TPSA) is 108 Å². The van der Waals surface area contributed by atoms with Gasteiger partial charge in [-0.2, -0.15) is 0 Å². The summed E-state index contributed by atoms with van der Waals surface area (Å²) in [6.45, 7) is 2.53. The molecular formula is C20H22N4O4. The van der Waals surface area contributed by atoms with Crippen LogP contribution in [0.4, 0.5) is 5.95 Å². The normalized spacial score (nSPS) is 10.6. The molecule has 8 nitrogen and oxygen atoms in total. The standard InChI is InChI=1S/C20H22N4O4/c1-3-10-24-15-7-5-4-6-14(15)22-20(24)23-19(26)13-8-9-16(17(11-13)27-2)28-12-18(21)25/h4-9,11H,3,10,12H2,1-2H3,(H2,21,25)(H,22,23,26). The first-order chi connectivity index (χ1) is 13.5. The van der Waals surface area contributed by atoms with Crippen LogP contribution in [0.3, 0.4) is 0 Å². The van der Waals surface area contributed by atoms with Crippen LogP contribution in [-0.2, 0) is 11.3 Å². The summed E-state index contributed by atoms with van der Waals surface area (Å²) < 4.78 is 12.5. The van der Waals surface area contributed by atoms with Crippen molar-refractivity contribution in [2.45, 2.75) is 19.9 Å². The van der Waals surface area contributed by atoms with E-state index in [4.69, 9.17) is 15.2 Å². The highest BCUT2D eigenvalue weighted by molar-refractivity contribution is 6.04. The van der Waals surface area contributed by atoms with Crippen molar-refractivity contribution in [1.82, 2.24) is 9.55 Å². The molecule has 0 aliphatic heterocycles. The number of benzene rings is 2. The summed E-state index contributed by atoms with van der Waals surface area (Å²) in [6.07, 6.45) is 0.906. The lowest BCUT2D eigenvalue weighted by Gasteiger charge is -2.12. The third-order valence-corrected chi connectivity index (χ3v) is 4.12. The molecule has 0 unspecified atom stereocenters. The molecule has 28 heavy (non-hydrogen) atoms. The number of carbonyl (C=O) groups excluding carboxylic acids is 2. The van der Waals surface area contributed by atoms with E-state index < -0.39 is 5.91 Å². The predicted octanol–water partition coefficient (Wildman–Crippen LogP) is 2.57. The van der Waals surface area contributed by atoms with Gasteiger partial charge in [-0.05, 0) is 36.8 Å². The second-order valence-electron chi connectivity index (χ2n) is 6.15. The Morgan fingerprint density at radius 3 is 2.68 bits per heavy atom. The summed E-state index contributed by atoms with van der Waals surface area (Å²) >= 11 is 0. The van der Waals surface area contributed by atoms with E-state index >= 15 is 0 Å². The van der Waals surface area contributed by atoms with Crippen molar-refractivity contribution in [1.29, 1.82) is 0 Å². The molecule has 1 heterocycles. The van der Waals surface area contributed by atoms with Gasteiger partial charge in [0.05, 0.1) is 18.1 Å². The molecule has 3 aromatic rings. The number of rotatable bonds is 8. The number of fused-ring (bicyclic) bond motifs is 1. The van der Waals surface area contributed by atoms with Gasteiger partial charge in [-0.3, -0.25) is 14.9 Å². The number of nitrogens with two attached hydrogens (primary N) is 1. The van der Waals surface area contributed by atoms with Crippen LogP contribution in [0.5, 0.6) is 11.5 Å². The molecule has 0 atom stereocenters. The Morgan fingerprint density at radius 2 is 1.96 bits per heavy atom. The number of imidazole rings is 1. The van der Waals surface area contributed by atoms with Gasteiger partial charge >= 0.3 is 0 Å². The third kappa shape index (κ3) is 4.06. The van der Waals surface area contributed by atoms with Gasteiger partial charge in [0.25, 0.3) is 11.8 Å². The Kier molecular flexibility index (Phi) is 5.78. The number of nitrogens with one attached hydrogen (secondary N) is 1. The number of anilines is 1. The van der Waals surface area contributed by atoms with Crippen LogP contribution in [0.15, 0.2) is 42.5 Å². The van der Waals surface area contributed by atoms with E-state index in [-0.39, 0.29) is 12.5 Å². The number of amides is 2. The van der Waals surface area contributed by atoms with Gasteiger partial charge in [-0.1, -0.05) is 19.1 Å². The van der Waals surface area contributed by atoms with Crippen molar-refractivity contribution < 1.29 is 19.1 Å². The maximum absolute atomic E-state index is 12.8. The summed E-state index contributed by atoms with van der Waals surface area (Å²) in [7, 11) is 1.45. The number of carbonyl (C=O) groups is 2. The molecule has 3 rings (SSSR count). The summed E-state index contributed by atoms with van der Waals surface area (Å²) in [5.41, 5.74) is 7.25. The summed E-state index contributed by atoms with van der Waals surface area (Å²) in [6, 6.07) is 12.4. The van der Waals surface area contributed by atoms with E-state index in [9.17, 15) is 9.59 Å². The number of hydrogen-bond donors (Lipinski definition) is 2. The maximum Gasteiger partial charge on any atom is 0.258 e. The van der Waals surface area contributed by atoms with Gasteiger partial charge in [0.1, 0.15) is 0 Å². The van der Waals surface area contributed by atoms with E-state index in [0.29, 0.717) is 23.0 Å². The first-order valence-electron chi connectivity index (χ1n) is 8.89. The summed E-state index contributed by atoms with van der Waals surface area (Å²) in [4.78, 5) is 28.2. The minimum atomic E-state index is -0.598. The lowest BCUT2D eigenvalue weighted by molar-refractivity contribution is -0.119. The lowest BCUT2D eigenvalue weighted by atomic mass is 10.2. The molecule has 0 aliphatic rings. The lowest BCUT2D eigenvalue weighted by Crippen LogP contribution is -2.20. The highest BCUT2D eigenvalue weighted by Gasteiger charge is 2.16. The fraction of sp³-hybridized carbons (Fsp3) is 0.250. The number of hydrogen-bond acceptors (Lipinski definition) is 5. The Labute approximate surface area is 162 Å². The van der Waals surface area contributed by atoms with Gasteiger partial charge in [-0.15, -0.1) is 0 Å². The van der Waals surface area contributed by atoms with Crippen LogP contribution >= 0.6 is 0 Å². The Morgan fingerprint density at radius 1 is 1.18 bits per heavy atom. The first-order valence-corrected chi connectivity index (χ1v) is 8.89. The number of para-hydroxylation sites is 2.